The lowest BCUT2D eigenvalue weighted by Gasteiger charge is -2.42. The Hall–Kier alpha value is -2.36. The fourth-order valence-corrected chi connectivity index (χ4v) is 5.65. The van der Waals surface area contributed by atoms with Gasteiger partial charge in [-0.15, -0.1) is 5.10 Å². The summed E-state index contributed by atoms with van der Waals surface area (Å²) >= 11 is 1.43. The average molecular weight is 426 g/mol. The molecule has 0 aromatic carbocycles. The molecule has 1 saturated heterocycles. The second-order valence-corrected chi connectivity index (χ2v) is 9.56. The Bertz CT molecular complexity index is 1070. The number of hydrogen-bond donors (Lipinski definition) is 1. The third kappa shape index (κ3) is 3.84. The first kappa shape index (κ1) is 19.6. The summed E-state index contributed by atoms with van der Waals surface area (Å²) in [5.74, 6) is 0.946. The van der Waals surface area contributed by atoms with Crippen LogP contribution in [0.2, 0.25) is 0 Å². The molecule has 1 N–H and O–H groups in total. The van der Waals surface area contributed by atoms with E-state index < -0.39 is 0 Å². The van der Waals surface area contributed by atoms with Gasteiger partial charge in [0.15, 0.2) is 0 Å². The van der Waals surface area contributed by atoms with Crippen molar-refractivity contribution < 1.29 is 0 Å². The summed E-state index contributed by atoms with van der Waals surface area (Å²) in [6, 6.07) is 4.22. The van der Waals surface area contributed by atoms with Crippen molar-refractivity contribution in [2.75, 3.05) is 20.1 Å². The van der Waals surface area contributed by atoms with Crippen molar-refractivity contribution in [3.05, 3.63) is 62.5 Å². The highest BCUT2D eigenvalue weighted by atomic mass is 32.1. The normalized spacial score (nSPS) is 21.2. The fraction of sp³-hybridized carbons (Fsp3) is 0.524. The van der Waals surface area contributed by atoms with Gasteiger partial charge in [-0.25, -0.2) is 4.98 Å². The maximum absolute atomic E-state index is 13.3. The third-order valence-corrected chi connectivity index (χ3v) is 7.11. The Labute approximate surface area is 179 Å². The van der Waals surface area contributed by atoms with Crippen LogP contribution in [-0.2, 0) is 26.2 Å². The minimum absolute atomic E-state index is 0.176. The van der Waals surface area contributed by atoms with Crippen LogP contribution in [0.3, 0.4) is 0 Å². The van der Waals surface area contributed by atoms with Crippen LogP contribution < -0.4 is 5.56 Å². The lowest BCUT2D eigenvalue weighted by Crippen LogP contribution is -2.47. The maximum atomic E-state index is 13.3. The summed E-state index contributed by atoms with van der Waals surface area (Å²) in [5.41, 5.74) is 4.36. The third-order valence-electron chi connectivity index (χ3n) is 6.31. The molecule has 8 nitrogen and oxygen atoms in total. The van der Waals surface area contributed by atoms with Gasteiger partial charge in [0.05, 0.1) is 16.9 Å². The molecular weight excluding hydrogens is 398 g/mol. The lowest BCUT2D eigenvalue weighted by atomic mass is 9.83. The van der Waals surface area contributed by atoms with E-state index in [9.17, 15) is 4.79 Å². The van der Waals surface area contributed by atoms with E-state index >= 15 is 0 Å². The van der Waals surface area contributed by atoms with E-state index in [-0.39, 0.29) is 5.56 Å². The number of piperidine rings is 1. The van der Waals surface area contributed by atoms with Crippen molar-refractivity contribution >= 4 is 11.5 Å². The van der Waals surface area contributed by atoms with Crippen molar-refractivity contribution in [1.29, 1.82) is 0 Å². The minimum atomic E-state index is 0.176. The molecule has 2 atom stereocenters. The molecule has 0 radical (unpaired) electrons. The van der Waals surface area contributed by atoms with Crippen LogP contribution in [0, 0.1) is 12.8 Å². The molecule has 0 spiro atoms. The van der Waals surface area contributed by atoms with E-state index in [1.807, 2.05) is 26.2 Å². The first-order valence-corrected chi connectivity index (χ1v) is 11.2. The number of pyridine rings is 1. The molecule has 5 rings (SSSR count). The zero-order valence-corrected chi connectivity index (χ0v) is 18.2. The second-order valence-electron chi connectivity index (χ2n) is 8.72. The van der Waals surface area contributed by atoms with Crippen LogP contribution in [-0.4, -0.2) is 54.1 Å². The van der Waals surface area contributed by atoms with E-state index in [0.29, 0.717) is 18.4 Å². The first-order chi connectivity index (χ1) is 14.6. The van der Waals surface area contributed by atoms with Gasteiger partial charge in [0.2, 0.25) is 0 Å². The quantitative estimate of drug-likeness (QED) is 0.650. The highest BCUT2D eigenvalue weighted by Gasteiger charge is 2.35. The zero-order valence-electron chi connectivity index (χ0n) is 17.4. The van der Waals surface area contributed by atoms with Gasteiger partial charge >= 0.3 is 0 Å². The molecule has 2 aliphatic rings. The molecule has 0 unspecified atom stereocenters. The Morgan fingerprint density at radius 3 is 2.93 bits per heavy atom. The Morgan fingerprint density at radius 1 is 1.27 bits per heavy atom. The van der Waals surface area contributed by atoms with Crippen LogP contribution in [0.1, 0.15) is 39.9 Å². The van der Waals surface area contributed by atoms with Crippen LogP contribution >= 0.6 is 11.5 Å². The number of aromatic amines is 1. The number of aryl methyl sites for hydroxylation is 1. The van der Waals surface area contributed by atoms with E-state index in [1.54, 1.807) is 6.33 Å². The van der Waals surface area contributed by atoms with Gasteiger partial charge in [0, 0.05) is 68.3 Å². The molecule has 0 aliphatic carbocycles. The van der Waals surface area contributed by atoms with Crippen molar-refractivity contribution in [2.45, 2.75) is 45.4 Å². The number of H-pyrrole nitrogens is 1. The number of rotatable bonds is 6. The van der Waals surface area contributed by atoms with Gasteiger partial charge < -0.3 is 9.55 Å². The predicted octanol–water partition coefficient (Wildman–Crippen LogP) is 1.98. The van der Waals surface area contributed by atoms with Crippen LogP contribution in [0.15, 0.2) is 29.5 Å². The molecule has 5 heterocycles. The molecule has 0 amide bonds. The summed E-state index contributed by atoms with van der Waals surface area (Å²) in [6.45, 7) is 7.12. The summed E-state index contributed by atoms with van der Waals surface area (Å²) in [6.07, 6.45) is 4.81. The molecular formula is C21H27N7OS. The van der Waals surface area contributed by atoms with Crippen LogP contribution in [0.4, 0.5) is 0 Å². The molecule has 2 aliphatic heterocycles. The Kier molecular flexibility index (Phi) is 5.26. The van der Waals surface area contributed by atoms with Gasteiger partial charge in [0.25, 0.3) is 5.56 Å². The average Bonchev–Trinajstić information content (AvgIpc) is 3.36. The fourth-order valence-electron chi connectivity index (χ4n) is 4.94. The van der Waals surface area contributed by atoms with Crippen molar-refractivity contribution in [1.82, 2.24) is 33.9 Å². The van der Waals surface area contributed by atoms with Gasteiger partial charge in [-0.3, -0.25) is 14.6 Å². The number of nitrogens with zero attached hydrogens (tertiary/aromatic N) is 6. The van der Waals surface area contributed by atoms with Gasteiger partial charge in [-0.2, -0.15) is 0 Å². The standard InChI is InChI=1S/C21H27N7OS/c1-14-20(30-25-24-14)12-26(2)9-16-3-4-19-17-5-15(8-28(19)21(16)29)7-27(10-17)11-18-6-22-13-23-18/h3-4,6,13,15,17H,5,7-12H2,1-2H3,(H,22,23)/t15-,17+/m0/s1. The lowest BCUT2D eigenvalue weighted by molar-refractivity contribution is 0.113. The summed E-state index contributed by atoms with van der Waals surface area (Å²) in [4.78, 5) is 26.4. The molecule has 0 saturated carbocycles. The number of aromatic nitrogens is 5. The van der Waals surface area contributed by atoms with Crippen LogP contribution in [0.5, 0.6) is 0 Å². The highest BCUT2D eigenvalue weighted by Crippen LogP contribution is 2.35. The van der Waals surface area contributed by atoms with Gasteiger partial charge in [0.1, 0.15) is 0 Å². The zero-order chi connectivity index (χ0) is 20.7. The number of likely N-dealkylation sites (tertiary alicyclic amines) is 1. The van der Waals surface area contributed by atoms with Crippen molar-refractivity contribution in [3.63, 3.8) is 0 Å². The largest absolute Gasteiger partial charge is 0.347 e. The summed E-state index contributed by atoms with van der Waals surface area (Å²) < 4.78 is 6.06. The maximum Gasteiger partial charge on any atom is 0.255 e. The smallest absolute Gasteiger partial charge is 0.255 e. The Balaban J connectivity index is 1.32. The summed E-state index contributed by atoms with van der Waals surface area (Å²) in [5, 5.41) is 4.08. The van der Waals surface area contributed by atoms with Gasteiger partial charge in [-0.1, -0.05) is 10.6 Å². The molecule has 158 valence electrons. The van der Waals surface area contributed by atoms with Gasteiger partial charge in [-0.05, 0) is 43.9 Å². The van der Waals surface area contributed by atoms with Crippen LogP contribution in [0.25, 0.3) is 0 Å². The molecule has 1 fully saturated rings. The molecule has 3 aromatic rings. The molecule has 30 heavy (non-hydrogen) atoms. The Morgan fingerprint density at radius 2 is 2.17 bits per heavy atom. The SMILES string of the molecule is Cc1nnsc1CN(C)Cc1ccc2n(c1=O)C[C@H]1C[C@@H]2CN(Cc2cnc[nH]2)C1. The van der Waals surface area contributed by atoms with Crippen molar-refractivity contribution in [3.8, 4) is 0 Å². The topological polar surface area (TPSA) is 82.9 Å². The van der Waals surface area contributed by atoms with E-state index in [1.165, 1.54) is 23.6 Å². The van der Waals surface area contributed by atoms with E-state index in [0.717, 1.165) is 54.6 Å². The molecule has 9 heteroatoms. The molecule has 3 aromatic heterocycles. The summed E-state index contributed by atoms with van der Waals surface area (Å²) in [7, 11) is 2.05. The number of nitrogens with one attached hydrogen (secondary N) is 1. The highest BCUT2D eigenvalue weighted by molar-refractivity contribution is 7.05. The minimum Gasteiger partial charge on any atom is -0.347 e. The molecule has 2 bridgehead atoms. The predicted molar refractivity (Wildman–Crippen MR) is 115 cm³/mol. The van der Waals surface area contributed by atoms with Crippen molar-refractivity contribution in [2.24, 2.45) is 5.92 Å². The first-order valence-electron chi connectivity index (χ1n) is 10.5. The number of hydrogen-bond acceptors (Lipinski definition) is 7. The monoisotopic (exact) mass is 425 g/mol. The second kappa shape index (κ2) is 8.05. The van der Waals surface area contributed by atoms with E-state index in [2.05, 4.69) is 40.0 Å². The number of imidazole rings is 1. The number of fused-ring (bicyclic) bond motifs is 4. The van der Waals surface area contributed by atoms with E-state index in [4.69, 9.17) is 0 Å².